The van der Waals surface area contributed by atoms with Gasteiger partial charge in [-0.15, -0.1) is 0 Å². The van der Waals surface area contributed by atoms with Crippen molar-refractivity contribution >= 4 is 5.91 Å². The molecule has 0 aliphatic heterocycles. The second-order valence-corrected chi connectivity index (χ2v) is 3.15. The zero-order valence-corrected chi connectivity index (χ0v) is 8.42. The van der Waals surface area contributed by atoms with Crippen LogP contribution in [-0.2, 0) is 16.2 Å². The van der Waals surface area contributed by atoms with Crippen LogP contribution < -0.4 is 11.2 Å². The lowest BCUT2D eigenvalue weighted by molar-refractivity contribution is -0.125. The quantitative estimate of drug-likeness (QED) is 0.556. The molecule has 1 aromatic carbocycles. The van der Waals surface area contributed by atoms with E-state index >= 15 is 0 Å². The first-order chi connectivity index (χ1) is 7.09. The molecule has 0 fully saturated rings. The van der Waals surface area contributed by atoms with E-state index in [1.54, 1.807) is 13.0 Å². The van der Waals surface area contributed by atoms with E-state index in [9.17, 15) is 9.18 Å². The molecule has 0 bridgehead atoms. The number of hydrogen-bond donors (Lipinski definition) is 2. The van der Waals surface area contributed by atoms with Crippen molar-refractivity contribution in [1.29, 1.82) is 0 Å². The molecule has 0 spiro atoms. The van der Waals surface area contributed by atoms with Crippen LogP contribution in [0.4, 0.5) is 4.39 Å². The van der Waals surface area contributed by atoms with Gasteiger partial charge in [0.05, 0.1) is 0 Å². The predicted octanol–water partition coefficient (Wildman–Crippen LogP) is 0.641. The fourth-order valence-electron chi connectivity index (χ4n) is 1.11. The Labute approximate surface area is 87.2 Å². The van der Waals surface area contributed by atoms with Crippen molar-refractivity contribution in [2.75, 3.05) is 6.61 Å². The highest BCUT2D eigenvalue weighted by Gasteiger charge is 2.00. The first-order valence-corrected chi connectivity index (χ1v) is 4.47. The first kappa shape index (κ1) is 11.6. The molecule has 0 saturated carbocycles. The molecule has 0 aromatic heterocycles. The molecule has 1 rings (SSSR count). The summed E-state index contributed by atoms with van der Waals surface area (Å²) in [4.78, 5) is 15.1. The maximum atomic E-state index is 12.7. The van der Waals surface area contributed by atoms with E-state index in [4.69, 9.17) is 10.6 Å². The van der Waals surface area contributed by atoms with Crippen LogP contribution in [0.1, 0.15) is 11.1 Å². The molecule has 1 amide bonds. The zero-order valence-electron chi connectivity index (χ0n) is 8.42. The normalized spacial score (nSPS) is 10.3. The van der Waals surface area contributed by atoms with Gasteiger partial charge in [0.1, 0.15) is 12.4 Å². The number of carbonyl (C=O) groups is 1. The molecular weight excluding hydrogens is 199 g/mol. The summed E-state index contributed by atoms with van der Waals surface area (Å²) in [6, 6.07) is 4.47. The molecule has 0 aliphatic rings. The number of rotatable bonds is 5. The molecule has 0 atom stereocenters. The molecule has 0 saturated heterocycles. The van der Waals surface area contributed by atoms with Gasteiger partial charge in [0.2, 0.25) is 5.91 Å². The van der Waals surface area contributed by atoms with Gasteiger partial charge in [-0.3, -0.25) is 9.63 Å². The van der Waals surface area contributed by atoms with Crippen molar-refractivity contribution in [2.24, 2.45) is 5.73 Å². The molecule has 82 valence electrons. The monoisotopic (exact) mass is 212 g/mol. The highest BCUT2D eigenvalue weighted by atomic mass is 19.1. The van der Waals surface area contributed by atoms with Crippen molar-refractivity contribution < 1.29 is 14.0 Å². The van der Waals surface area contributed by atoms with Gasteiger partial charge >= 0.3 is 0 Å². The molecule has 5 heteroatoms. The highest BCUT2D eigenvalue weighted by Crippen LogP contribution is 2.09. The van der Waals surface area contributed by atoms with Crippen molar-refractivity contribution in [2.45, 2.75) is 13.5 Å². The average molecular weight is 212 g/mol. The largest absolute Gasteiger partial charge is 0.368 e. The summed E-state index contributed by atoms with van der Waals surface area (Å²) >= 11 is 0. The lowest BCUT2D eigenvalue weighted by atomic mass is 10.1. The van der Waals surface area contributed by atoms with Crippen molar-refractivity contribution in [3.05, 3.63) is 35.1 Å². The second kappa shape index (κ2) is 5.43. The van der Waals surface area contributed by atoms with Crippen molar-refractivity contribution in [3.63, 3.8) is 0 Å². The number of carbonyl (C=O) groups excluding carboxylic acids is 1. The maximum absolute atomic E-state index is 12.7. The summed E-state index contributed by atoms with van der Waals surface area (Å²) in [5, 5.41) is 0. The lowest BCUT2D eigenvalue weighted by Crippen LogP contribution is -2.24. The van der Waals surface area contributed by atoms with Crippen molar-refractivity contribution in [1.82, 2.24) is 5.48 Å². The summed E-state index contributed by atoms with van der Waals surface area (Å²) in [6.45, 7) is 2.02. The third-order valence-corrected chi connectivity index (χ3v) is 1.88. The van der Waals surface area contributed by atoms with Gasteiger partial charge in [0.15, 0.2) is 0 Å². The Hall–Kier alpha value is -1.46. The van der Waals surface area contributed by atoms with Crippen LogP contribution >= 0.6 is 0 Å². The van der Waals surface area contributed by atoms with Crippen LogP contribution in [0.25, 0.3) is 0 Å². The molecule has 4 nitrogen and oxygen atoms in total. The summed E-state index contributed by atoms with van der Waals surface area (Å²) in [5.74, 6) is -0.812. The minimum absolute atomic E-state index is 0.180. The predicted molar refractivity (Wildman–Crippen MR) is 53.1 cm³/mol. The molecule has 1 aromatic rings. The van der Waals surface area contributed by atoms with Gasteiger partial charge in [0.25, 0.3) is 0 Å². The number of primary amides is 1. The zero-order chi connectivity index (χ0) is 11.3. The Morgan fingerprint density at radius 1 is 1.60 bits per heavy atom. The minimum Gasteiger partial charge on any atom is -0.368 e. The van der Waals surface area contributed by atoms with E-state index in [1.165, 1.54) is 12.1 Å². The van der Waals surface area contributed by atoms with Gasteiger partial charge in [-0.05, 0) is 30.2 Å². The van der Waals surface area contributed by atoms with Gasteiger partial charge in [-0.25, -0.2) is 4.39 Å². The van der Waals surface area contributed by atoms with Crippen LogP contribution in [0.2, 0.25) is 0 Å². The standard InChI is InChI=1S/C10H13FN2O2/c1-7-4-9(11)3-2-8(7)5-13-15-6-10(12)14/h2-4,13H,5-6H2,1H3,(H2,12,14). The number of halogens is 1. The Balaban J connectivity index is 2.40. The number of amides is 1. The van der Waals surface area contributed by atoms with Gasteiger partial charge in [-0.1, -0.05) is 6.07 Å². The summed E-state index contributed by atoms with van der Waals surface area (Å²) in [5.41, 5.74) is 9.17. The van der Waals surface area contributed by atoms with Gasteiger partial charge in [0, 0.05) is 6.54 Å². The van der Waals surface area contributed by atoms with E-state index < -0.39 is 5.91 Å². The number of nitrogens with two attached hydrogens (primary N) is 1. The molecular formula is C10H13FN2O2. The second-order valence-electron chi connectivity index (χ2n) is 3.15. The Kier molecular flexibility index (Phi) is 4.20. The summed E-state index contributed by atoms with van der Waals surface area (Å²) < 4.78 is 12.7. The number of benzene rings is 1. The van der Waals surface area contributed by atoms with E-state index in [0.717, 1.165) is 11.1 Å². The van der Waals surface area contributed by atoms with E-state index in [-0.39, 0.29) is 12.4 Å². The molecule has 0 radical (unpaired) electrons. The van der Waals surface area contributed by atoms with E-state index in [2.05, 4.69) is 5.48 Å². The first-order valence-electron chi connectivity index (χ1n) is 4.47. The molecule has 0 heterocycles. The SMILES string of the molecule is Cc1cc(F)ccc1CNOCC(N)=O. The Bertz CT molecular complexity index is 355. The summed E-state index contributed by atoms with van der Waals surface area (Å²) in [6.07, 6.45) is 0. The number of aryl methyl sites for hydroxylation is 1. The third-order valence-electron chi connectivity index (χ3n) is 1.88. The van der Waals surface area contributed by atoms with Gasteiger partial charge < -0.3 is 5.73 Å². The van der Waals surface area contributed by atoms with Crippen LogP contribution in [0.5, 0.6) is 0 Å². The smallest absolute Gasteiger partial charge is 0.245 e. The molecule has 3 N–H and O–H groups in total. The van der Waals surface area contributed by atoms with Crippen LogP contribution in [0.15, 0.2) is 18.2 Å². The Morgan fingerprint density at radius 2 is 2.33 bits per heavy atom. The summed E-state index contributed by atoms with van der Waals surface area (Å²) in [7, 11) is 0. The molecule has 15 heavy (non-hydrogen) atoms. The lowest BCUT2D eigenvalue weighted by Gasteiger charge is -2.07. The van der Waals surface area contributed by atoms with E-state index in [0.29, 0.717) is 6.54 Å². The Morgan fingerprint density at radius 3 is 2.93 bits per heavy atom. The van der Waals surface area contributed by atoms with Crippen LogP contribution in [-0.4, -0.2) is 12.5 Å². The van der Waals surface area contributed by atoms with Crippen molar-refractivity contribution in [3.8, 4) is 0 Å². The minimum atomic E-state index is -0.543. The fourth-order valence-corrected chi connectivity index (χ4v) is 1.11. The van der Waals surface area contributed by atoms with Crippen LogP contribution in [0, 0.1) is 12.7 Å². The number of hydroxylamine groups is 1. The molecule has 0 aliphatic carbocycles. The van der Waals surface area contributed by atoms with Crippen LogP contribution in [0.3, 0.4) is 0 Å². The highest BCUT2D eigenvalue weighted by molar-refractivity contribution is 5.74. The third kappa shape index (κ3) is 4.05. The van der Waals surface area contributed by atoms with Gasteiger partial charge in [-0.2, -0.15) is 5.48 Å². The number of hydrogen-bond acceptors (Lipinski definition) is 3. The number of nitrogens with one attached hydrogen (secondary N) is 1. The van der Waals surface area contributed by atoms with E-state index in [1.807, 2.05) is 0 Å². The average Bonchev–Trinajstić information content (AvgIpc) is 2.14. The molecule has 0 unspecified atom stereocenters. The maximum Gasteiger partial charge on any atom is 0.245 e. The fraction of sp³-hybridized carbons (Fsp3) is 0.300. The topological polar surface area (TPSA) is 64.3 Å².